The monoisotopic (exact) mass is 479 g/mol. The first-order chi connectivity index (χ1) is 16.5. The Bertz CT molecular complexity index is 1280. The minimum atomic E-state index is -1.21. The van der Waals surface area contributed by atoms with Crippen LogP contribution in [-0.2, 0) is 28.7 Å². The largest absolute Gasteiger partial charge is 0.384 e. The van der Waals surface area contributed by atoms with E-state index in [1.165, 1.54) is 5.56 Å². The molecule has 0 fully saturated rings. The molecule has 0 radical (unpaired) electrons. The molecule has 8 heteroatoms. The van der Waals surface area contributed by atoms with Gasteiger partial charge in [-0.05, 0) is 42.5 Å². The molecule has 2 aromatic heterocycles. The molecule has 3 N–H and O–H groups in total. The lowest BCUT2D eigenvalue weighted by Crippen LogP contribution is -2.19. The number of nitrogen functional groups attached to an aromatic ring is 1. The maximum Gasteiger partial charge on any atom is 0.152 e. The summed E-state index contributed by atoms with van der Waals surface area (Å²) in [6, 6.07) is 16.0. The molecule has 0 spiro atoms. The van der Waals surface area contributed by atoms with Gasteiger partial charge in [0.15, 0.2) is 5.82 Å². The molecule has 4 aromatic rings. The van der Waals surface area contributed by atoms with Crippen LogP contribution in [0.5, 0.6) is 0 Å². The average molecular weight is 480 g/mol. The zero-order valence-electron chi connectivity index (χ0n) is 20.1. The molecule has 0 aliphatic carbocycles. The predicted molar refractivity (Wildman–Crippen MR) is 139 cm³/mol. The number of ether oxygens (including phenoxy) is 1. The Morgan fingerprint density at radius 3 is 2.59 bits per heavy atom. The zero-order chi connectivity index (χ0) is 24.1. The van der Waals surface area contributed by atoms with Gasteiger partial charge in [0.1, 0.15) is 22.3 Å². The van der Waals surface area contributed by atoms with Gasteiger partial charge in [0.2, 0.25) is 0 Å². The molecule has 34 heavy (non-hydrogen) atoms. The lowest BCUT2D eigenvalue weighted by molar-refractivity contribution is 0.199. The Morgan fingerprint density at radius 2 is 1.85 bits per heavy atom. The van der Waals surface area contributed by atoms with Gasteiger partial charge in [-0.2, -0.15) is 0 Å². The molecule has 0 amide bonds. The molecule has 4 rings (SSSR count). The van der Waals surface area contributed by atoms with Gasteiger partial charge in [0.25, 0.3) is 0 Å². The van der Waals surface area contributed by atoms with Gasteiger partial charge in [0, 0.05) is 32.0 Å². The second kappa shape index (κ2) is 11.1. The highest BCUT2D eigenvalue weighted by atomic mass is 32.2. The van der Waals surface area contributed by atoms with Crippen LogP contribution in [0.4, 0.5) is 5.82 Å². The number of benzene rings is 2. The number of imidazole rings is 1. The van der Waals surface area contributed by atoms with E-state index in [4.69, 9.17) is 15.5 Å². The molecule has 0 saturated heterocycles. The van der Waals surface area contributed by atoms with Gasteiger partial charge < -0.3 is 15.0 Å². The molecule has 0 bridgehead atoms. The Kier molecular flexibility index (Phi) is 7.92. The topological polar surface area (TPSA) is 95.1 Å². The Labute approximate surface area is 203 Å². The van der Waals surface area contributed by atoms with Crippen molar-refractivity contribution in [2.45, 2.75) is 50.5 Å². The summed E-state index contributed by atoms with van der Waals surface area (Å²) in [6.07, 6.45) is 2.50. The normalized spacial score (nSPS) is 12.7. The van der Waals surface area contributed by atoms with Crippen molar-refractivity contribution in [3.05, 3.63) is 59.9 Å². The van der Waals surface area contributed by atoms with Gasteiger partial charge in [-0.15, -0.1) is 0 Å². The number of aryl methyl sites for hydroxylation is 1. The highest BCUT2D eigenvalue weighted by molar-refractivity contribution is 7.83. The lowest BCUT2D eigenvalue weighted by atomic mass is 10.0. The van der Waals surface area contributed by atoms with Crippen LogP contribution >= 0.6 is 0 Å². The number of rotatable bonds is 11. The highest BCUT2D eigenvalue weighted by Crippen LogP contribution is 2.29. The molecule has 180 valence electrons. The Hall–Kier alpha value is -2.81. The molecule has 2 aromatic carbocycles. The van der Waals surface area contributed by atoms with Gasteiger partial charge in [-0.25, -0.2) is 18.9 Å². The minimum absolute atomic E-state index is 0.451. The van der Waals surface area contributed by atoms with Crippen molar-refractivity contribution in [1.29, 1.82) is 0 Å². The molecule has 0 saturated carbocycles. The van der Waals surface area contributed by atoms with Crippen LogP contribution in [0.15, 0.2) is 53.4 Å². The Balaban J connectivity index is 1.44. The summed E-state index contributed by atoms with van der Waals surface area (Å²) < 4.78 is 23.3. The fourth-order valence-electron chi connectivity index (χ4n) is 4.15. The van der Waals surface area contributed by atoms with Crippen LogP contribution in [0.2, 0.25) is 0 Å². The second-order valence-corrected chi connectivity index (χ2v) is 10.0. The van der Waals surface area contributed by atoms with E-state index in [-0.39, 0.29) is 0 Å². The third kappa shape index (κ3) is 5.29. The fourth-order valence-corrected chi connectivity index (χ4v) is 5.03. The second-order valence-electron chi connectivity index (χ2n) is 8.73. The number of nitrogens with zero attached hydrogens (tertiary/aromatic N) is 3. The van der Waals surface area contributed by atoms with Gasteiger partial charge >= 0.3 is 0 Å². The summed E-state index contributed by atoms with van der Waals surface area (Å²) in [7, 11) is 0.487. The number of hydrogen-bond acceptors (Lipinski definition) is 5. The van der Waals surface area contributed by atoms with Crippen molar-refractivity contribution in [3.8, 4) is 0 Å². The standard InChI is InChI=1S/C26H33N5O2S/c1-18(2)19-10-12-20(13-11-19)34(32)28-15-6-7-16-31-23(14-17-33-3)30-24-25(31)21-8-4-5-9-22(21)29-26(24)27/h4-5,8-13,18,28H,6-7,14-17H2,1-3H3,(H2,27,29). The van der Waals surface area contributed by atoms with E-state index in [2.05, 4.69) is 46.3 Å². The number of pyridine rings is 1. The van der Waals surface area contributed by atoms with Gasteiger partial charge in [-0.3, -0.25) is 0 Å². The maximum absolute atomic E-state index is 12.6. The molecule has 0 aliphatic rings. The van der Waals surface area contributed by atoms with Crippen LogP contribution in [0.25, 0.3) is 21.9 Å². The number of anilines is 1. The van der Waals surface area contributed by atoms with Crippen LogP contribution in [0.3, 0.4) is 0 Å². The van der Waals surface area contributed by atoms with Crippen molar-refractivity contribution in [2.75, 3.05) is 26.0 Å². The van der Waals surface area contributed by atoms with Crippen LogP contribution in [-0.4, -0.2) is 39.0 Å². The van der Waals surface area contributed by atoms with Crippen molar-refractivity contribution in [1.82, 2.24) is 19.3 Å². The van der Waals surface area contributed by atoms with E-state index in [9.17, 15) is 4.21 Å². The van der Waals surface area contributed by atoms with Gasteiger partial charge in [-0.1, -0.05) is 44.2 Å². The third-order valence-corrected chi connectivity index (χ3v) is 7.19. The fraction of sp³-hybridized carbons (Fsp3) is 0.385. The van der Waals surface area contributed by atoms with Crippen LogP contribution < -0.4 is 10.5 Å². The summed E-state index contributed by atoms with van der Waals surface area (Å²) in [4.78, 5) is 10.2. The first-order valence-corrected chi connectivity index (χ1v) is 12.9. The van der Waals surface area contributed by atoms with Crippen LogP contribution in [0.1, 0.15) is 44.0 Å². The summed E-state index contributed by atoms with van der Waals surface area (Å²) in [5, 5.41) is 1.05. The molecule has 7 nitrogen and oxygen atoms in total. The van der Waals surface area contributed by atoms with E-state index in [0.717, 1.165) is 52.0 Å². The summed E-state index contributed by atoms with van der Waals surface area (Å²) in [5.74, 6) is 1.86. The van der Waals surface area contributed by atoms with Crippen molar-refractivity contribution in [3.63, 3.8) is 0 Å². The number of methoxy groups -OCH3 is 1. The SMILES string of the molecule is COCCc1nc2c(N)nc3ccccc3c2n1CCCCNS(=O)c1ccc(C(C)C)cc1. The Morgan fingerprint density at radius 1 is 1.09 bits per heavy atom. The van der Waals surface area contributed by atoms with E-state index < -0.39 is 11.0 Å². The summed E-state index contributed by atoms with van der Waals surface area (Å²) in [5.41, 5.74) is 10.1. The first kappa shape index (κ1) is 24.3. The lowest BCUT2D eigenvalue weighted by Gasteiger charge is -2.11. The first-order valence-electron chi connectivity index (χ1n) is 11.8. The molecule has 1 unspecified atom stereocenters. The summed E-state index contributed by atoms with van der Waals surface area (Å²) >= 11 is 0. The van der Waals surface area contributed by atoms with Crippen molar-refractivity contribution in [2.24, 2.45) is 0 Å². The minimum Gasteiger partial charge on any atom is -0.384 e. The number of aromatic nitrogens is 3. The number of nitrogens with one attached hydrogen (secondary N) is 1. The number of nitrogens with two attached hydrogens (primary N) is 1. The van der Waals surface area contributed by atoms with E-state index >= 15 is 0 Å². The number of para-hydroxylation sites is 1. The predicted octanol–water partition coefficient (Wildman–Crippen LogP) is 4.57. The van der Waals surface area contributed by atoms with Crippen molar-refractivity contribution < 1.29 is 8.95 Å². The quantitative estimate of drug-likeness (QED) is 0.307. The van der Waals surface area contributed by atoms with E-state index in [1.807, 2.05) is 30.3 Å². The molecule has 0 aliphatic heterocycles. The average Bonchev–Trinajstić information content (AvgIpc) is 3.21. The molecule has 2 heterocycles. The molecule has 1 atom stereocenters. The van der Waals surface area contributed by atoms with Crippen molar-refractivity contribution >= 4 is 38.7 Å². The number of unbranched alkanes of at least 4 members (excludes halogenated alkanes) is 1. The molecular formula is C26H33N5O2S. The number of hydrogen-bond donors (Lipinski definition) is 2. The third-order valence-electron chi connectivity index (χ3n) is 6.02. The zero-order valence-corrected chi connectivity index (χ0v) is 20.9. The maximum atomic E-state index is 12.6. The smallest absolute Gasteiger partial charge is 0.152 e. The van der Waals surface area contributed by atoms with Gasteiger partial charge in [0.05, 0.1) is 22.5 Å². The highest BCUT2D eigenvalue weighted by Gasteiger charge is 2.17. The van der Waals surface area contributed by atoms with Crippen LogP contribution in [0, 0.1) is 0 Å². The summed E-state index contributed by atoms with van der Waals surface area (Å²) in [6.45, 7) is 6.36. The van der Waals surface area contributed by atoms with E-state index in [0.29, 0.717) is 31.3 Å². The van der Waals surface area contributed by atoms with E-state index in [1.54, 1.807) is 7.11 Å². The number of fused-ring (bicyclic) bond motifs is 3. The molecular weight excluding hydrogens is 446 g/mol.